The summed E-state index contributed by atoms with van der Waals surface area (Å²) in [6.45, 7) is 7.24. The van der Waals surface area contributed by atoms with Gasteiger partial charge in [0.15, 0.2) is 5.82 Å². The standard InChI is InChI=1S/C26H23ClN6O3S/c1-15-10-16(13-28)11-18(24(34)31-26(2,3)4)22(15)30-25(35)20-12-21(36-17-7-9-37-14-17)32-33(20)23-19(27)6-5-8-29-23/h5-12,14H,1-4H3,(H,30,35)(H,31,34). The van der Waals surface area contributed by atoms with E-state index in [1.165, 1.54) is 34.3 Å². The van der Waals surface area contributed by atoms with Crippen molar-refractivity contribution in [2.24, 2.45) is 0 Å². The molecule has 188 valence electrons. The molecule has 1 aromatic carbocycles. The summed E-state index contributed by atoms with van der Waals surface area (Å²) in [4.78, 5) is 31.0. The van der Waals surface area contributed by atoms with Gasteiger partial charge in [0.05, 0.1) is 27.9 Å². The molecule has 0 spiro atoms. The molecule has 3 aromatic heterocycles. The number of pyridine rings is 1. The molecule has 0 bridgehead atoms. The molecule has 0 aliphatic carbocycles. The monoisotopic (exact) mass is 534 g/mol. The maximum atomic E-state index is 13.6. The highest BCUT2D eigenvalue weighted by Crippen LogP contribution is 2.29. The van der Waals surface area contributed by atoms with Crippen molar-refractivity contribution in [1.82, 2.24) is 20.1 Å². The fraction of sp³-hybridized carbons (Fsp3) is 0.192. The Hall–Kier alpha value is -4.20. The van der Waals surface area contributed by atoms with Crippen LogP contribution in [0.2, 0.25) is 5.02 Å². The zero-order valence-corrected chi connectivity index (χ0v) is 22.1. The first-order valence-electron chi connectivity index (χ1n) is 11.2. The fourth-order valence-corrected chi connectivity index (χ4v) is 4.23. The molecule has 0 aliphatic rings. The first-order valence-corrected chi connectivity index (χ1v) is 12.5. The van der Waals surface area contributed by atoms with Gasteiger partial charge in [0.25, 0.3) is 11.8 Å². The Kier molecular flexibility index (Phi) is 7.29. The van der Waals surface area contributed by atoms with Gasteiger partial charge >= 0.3 is 0 Å². The number of nitriles is 1. The molecule has 0 fully saturated rings. The Morgan fingerprint density at radius 1 is 1.19 bits per heavy atom. The lowest BCUT2D eigenvalue weighted by Gasteiger charge is -2.22. The number of benzene rings is 1. The molecular formula is C26H23ClN6O3S. The van der Waals surface area contributed by atoms with E-state index in [9.17, 15) is 14.9 Å². The van der Waals surface area contributed by atoms with Crippen molar-refractivity contribution in [3.8, 4) is 23.5 Å². The lowest BCUT2D eigenvalue weighted by Crippen LogP contribution is -2.41. The molecule has 4 rings (SSSR count). The molecule has 0 saturated heterocycles. The van der Waals surface area contributed by atoms with Crippen molar-refractivity contribution in [1.29, 1.82) is 5.26 Å². The number of hydrogen-bond donors (Lipinski definition) is 2. The fourth-order valence-electron chi connectivity index (χ4n) is 3.48. The third kappa shape index (κ3) is 5.97. The van der Waals surface area contributed by atoms with E-state index in [0.717, 1.165) is 0 Å². The summed E-state index contributed by atoms with van der Waals surface area (Å²) in [5, 5.41) is 23.5. The van der Waals surface area contributed by atoms with Crippen LogP contribution in [0.25, 0.3) is 5.82 Å². The van der Waals surface area contributed by atoms with Crippen LogP contribution in [-0.4, -0.2) is 32.1 Å². The van der Waals surface area contributed by atoms with Crippen LogP contribution in [0.3, 0.4) is 0 Å². The molecule has 0 saturated carbocycles. The number of aromatic nitrogens is 3. The highest BCUT2D eigenvalue weighted by Gasteiger charge is 2.25. The Morgan fingerprint density at radius 3 is 2.62 bits per heavy atom. The van der Waals surface area contributed by atoms with E-state index < -0.39 is 17.4 Å². The summed E-state index contributed by atoms with van der Waals surface area (Å²) in [7, 11) is 0. The summed E-state index contributed by atoms with van der Waals surface area (Å²) in [6.07, 6.45) is 1.53. The molecule has 0 aliphatic heterocycles. The molecule has 4 aromatic rings. The van der Waals surface area contributed by atoms with E-state index in [0.29, 0.717) is 16.9 Å². The molecule has 37 heavy (non-hydrogen) atoms. The minimum absolute atomic E-state index is 0.0803. The minimum Gasteiger partial charge on any atom is -0.437 e. The van der Waals surface area contributed by atoms with Gasteiger partial charge in [-0.1, -0.05) is 11.6 Å². The second kappa shape index (κ2) is 10.4. The first-order chi connectivity index (χ1) is 17.6. The second-order valence-electron chi connectivity index (χ2n) is 9.14. The van der Waals surface area contributed by atoms with Crippen LogP contribution >= 0.6 is 22.9 Å². The minimum atomic E-state index is -0.577. The Morgan fingerprint density at radius 2 is 1.97 bits per heavy atom. The lowest BCUT2D eigenvalue weighted by atomic mass is 10.0. The van der Waals surface area contributed by atoms with Gasteiger partial charge in [0.2, 0.25) is 5.88 Å². The quantitative estimate of drug-likeness (QED) is 0.325. The molecule has 0 atom stereocenters. The van der Waals surface area contributed by atoms with Crippen LogP contribution in [0, 0.1) is 18.3 Å². The summed E-state index contributed by atoms with van der Waals surface area (Å²) >= 11 is 7.81. The first kappa shape index (κ1) is 25.9. The number of rotatable bonds is 6. The number of thiophene rings is 1. The number of anilines is 1. The molecule has 0 unspecified atom stereocenters. The lowest BCUT2D eigenvalue weighted by molar-refractivity contribution is 0.0920. The van der Waals surface area contributed by atoms with Crippen LogP contribution in [0.1, 0.15) is 52.7 Å². The molecule has 2 amide bonds. The third-order valence-corrected chi connectivity index (χ3v) is 5.97. The smallest absolute Gasteiger partial charge is 0.274 e. The second-order valence-corrected chi connectivity index (χ2v) is 10.3. The number of hydrogen-bond acceptors (Lipinski definition) is 7. The van der Waals surface area contributed by atoms with Gasteiger partial charge in [-0.25, -0.2) is 9.67 Å². The number of amides is 2. The van der Waals surface area contributed by atoms with Gasteiger partial charge in [-0.05, 0) is 69.0 Å². The van der Waals surface area contributed by atoms with E-state index in [-0.39, 0.29) is 33.7 Å². The normalized spacial score (nSPS) is 11.0. The van der Waals surface area contributed by atoms with Crippen LogP contribution in [-0.2, 0) is 0 Å². The Bertz CT molecular complexity index is 1520. The van der Waals surface area contributed by atoms with Gasteiger partial charge in [0.1, 0.15) is 11.4 Å². The third-order valence-electron chi connectivity index (χ3n) is 5.01. The topological polar surface area (TPSA) is 122 Å². The zero-order chi connectivity index (χ0) is 26.7. The molecule has 2 N–H and O–H groups in total. The molecule has 3 heterocycles. The van der Waals surface area contributed by atoms with Crippen molar-refractivity contribution in [3.63, 3.8) is 0 Å². The van der Waals surface area contributed by atoms with E-state index >= 15 is 0 Å². The number of halogens is 1. The molecular weight excluding hydrogens is 512 g/mol. The Labute approximate surface area is 222 Å². The number of aryl methyl sites for hydroxylation is 1. The molecule has 0 radical (unpaired) electrons. The van der Waals surface area contributed by atoms with Crippen molar-refractivity contribution in [2.45, 2.75) is 33.2 Å². The maximum Gasteiger partial charge on any atom is 0.274 e. The molecule has 11 heteroatoms. The molecule has 9 nitrogen and oxygen atoms in total. The van der Waals surface area contributed by atoms with Crippen molar-refractivity contribution in [2.75, 3.05) is 5.32 Å². The predicted molar refractivity (Wildman–Crippen MR) is 142 cm³/mol. The van der Waals surface area contributed by atoms with E-state index in [4.69, 9.17) is 16.3 Å². The number of nitrogens with one attached hydrogen (secondary N) is 2. The van der Waals surface area contributed by atoms with E-state index in [1.54, 1.807) is 36.6 Å². The van der Waals surface area contributed by atoms with Crippen LogP contribution in [0.15, 0.2) is 53.4 Å². The number of carbonyl (C=O) groups is 2. The number of ether oxygens (including phenoxy) is 1. The maximum absolute atomic E-state index is 13.6. The summed E-state index contributed by atoms with van der Waals surface area (Å²) in [5.74, 6) is -0.0418. The van der Waals surface area contributed by atoms with Crippen LogP contribution in [0.4, 0.5) is 5.69 Å². The largest absolute Gasteiger partial charge is 0.437 e. The average molecular weight is 535 g/mol. The van der Waals surface area contributed by atoms with Gasteiger partial charge in [-0.2, -0.15) is 5.26 Å². The summed E-state index contributed by atoms with van der Waals surface area (Å²) < 4.78 is 7.08. The summed E-state index contributed by atoms with van der Waals surface area (Å²) in [5.41, 5.74) is 0.825. The van der Waals surface area contributed by atoms with E-state index in [1.807, 2.05) is 26.2 Å². The van der Waals surface area contributed by atoms with E-state index in [2.05, 4.69) is 26.8 Å². The van der Waals surface area contributed by atoms with Gasteiger partial charge in [0, 0.05) is 23.2 Å². The zero-order valence-electron chi connectivity index (χ0n) is 20.5. The van der Waals surface area contributed by atoms with Crippen LogP contribution in [0.5, 0.6) is 11.6 Å². The van der Waals surface area contributed by atoms with Gasteiger partial charge in [-0.3, -0.25) is 9.59 Å². The predicted octanol–water partition coefficient (Wildman–Crippen LogP) is 5.74. The Balaban J connectivity index is 1.77. The highest BCUT2D eigenvalue weighted by atomic mass is 35.5. The van der Waals surface area contributed by atoms with Crippen molar-refractivity contribution in [3.05, 3.63) is 80.8 Å². The summed E-state index contributed by atoms with van der Waals surface area (Å²) in [6, 6.07) is 11.6. The van der Waals surface area contributed by atoms with Crippen LogP contribution < -0.4 is 15.4 Å². The average Bonchev–Trinajstić information content (AvgIpc) is 3.49. The van der Waals surface area contributed by atoms with Crippen molar-refractivity contribution >= 4 is 40.4 Å². The number of carbonyl (C=O) groups excluding carboxylic acids is 2. The number of nitrogens with zero attached hydrogens (tertiary/aromatic N) is 4. The van der Waals surface area contributed by atoms with Gasteiger partial charge < -0.3 is 15.4 Å². The SMILES string of the molecule is Cc1cc(C#N)cc(C(=O)NC(C)(C)C)c1NC(=O)c1cc(Oc2ccsc2)nn1-c1ncccc1Cl. The highest BCUT2D eigenvalue weighted by molar-refractivity contribution is 7.08. The van der Waals surface area contributed by atoms with Crippen molar-refractivity contribution < 1.29 is 14.3 Å². The van der Waals surface area contributed by atoms with Gasteiger partial charge in [-0.15, -0.1) is 16.4 Å².